The number of aryl methyl sites for hydroxylation is 1. The van der Waals surface area contributed by atoms with Crippen LogP contribution in [0.4, 0.5) is 0 Å². The third-order valence-corrected chi connectivity index (χ3v) is 3.60. The maximum Gasteiger partial charge on any atom is 0.166 e. The Labute approximate surface area is 123 Å². The first-order valence-electron chi connectivity index (χ1n) is 6.85. The van der Waals surface area contributed by atoms with E-state index in [0.29, 0.717) is 5.56 Å². The summed E-state index contributed by atoms with van der Waals surface area (Å²) in [4.78, 5) is 0. The molecule has 0 aliphatic carbocycles. The van der Waals surface area contributed by atoms with Crippen LogP contribution in [0.5, 0.6) is 11.5 Å². The Balaban J connectivity index is 2.37. The van der Waals surface area contributed by atoms with Gasteiger partial charge >= 0.3 is 0 Å². The van der Waals surface area contributed by atoms with Crippen LogP contribution in [0.1, 0.15) is 5.56 Å². The molecule has 0 unspecified atom stereocenters. The van der Waals surface area contributed by atoms with E-state index in [1.807, 2.05) is 67.6 Å². The third-order valence-electron chi connectivity index (χ3n) is 3.60. The molecule has 0 atom stereocenters. The van der Waals surface area contributed by atoms with Gasteiger partial charge in [0.2, 0.25) is 0 Å². The summed E-state index contributed by atoms with van der Waals surface area (Å²) >= 11 is 0. The van der Waals surface area contributed by atoms with Crippen LogP contribution in [-0.2, 0) is 0 Å². The molecule has 104 valence electrons. The molecule has 0 saturated carbocycles. The van der Waals surface area contributed by atoms with Gasteiger partial charge in [-0.05, 0) is 35.2 Å². The fraction of sp³-hybridized carbons (Fsp3) is 0.0526. The van der Waals surface area contributed by atoms with E-state index in [-0.39, 0.29) is 11.5 Å². The van der Waals surface area contributed by atoms with Crippen molar-refractivity contribution in [1.29, 1.82) is 0 Å². The third kappa shape index (κ3) is 2.36. The van der Waals surface area contributed by atoms with Gasteiger partial charge in [0.1, 0.15) is 0 Å². The van der Waals surface area contributed by atoms with Gasteiger partial charge in [0.25, 0.3) is 0 Å². The van der Waals surface area contributed by atoms with Crippen molar-refractivity contribution in [2.24, 2.45) is 0 Å². The van der Waals surface area contributed by atoms with Crippen LogP contribution in [0.3, 0.4) is 0 Å². The molecule has 0 aliphatic heterocycles. The Bertz CT molecular complexity index is 763. The number of hydrogen-bond donors (Lipinski definition) is 2. The molecule has 0 bridgehead atoms. The predicted molar refractivity (Wildman–Crippen MR) is 85.4 cm³/mol. The zero-order valence-corrected chi connectivity index (χ0v) is 11.7. The number of phenols is 2. The van der Waals surface area contributed by atoms with Crippen LogP contribution in [0.15, 0.2) is 66.7 Å². The van der Waals surface area contributed by atoms with Crippen molar-refractivity contribution in [3.63, 3.8) is 0 Å². The SMILES string of the molecule is Cc1cc(O)c(O)c(-c2ccccc2)c1-c1ccccc1. The van der Waals surface area contributed by atoms with E-state index in [9.17, 15) is 10.2 Å². The molecule has 2 N–H and O–H groups in total. The van der Waals surface area contributed by atoms with Gasteiger partial charge in [0, 0.05) is 5.56 Å². The lowest BCUT2D eigenvalue weighted by molar-refractivity contribution is 0.405. The lowest BCUT2D eigenvalue weighted by atomic mass is 9.90. The first-order valence-corrected chi connectivity index (χ1v) is 6.85. The van der Waals surface area contributed by atoms with E-state index in [4.69, 9.17) is 0 Å². The number of hydrogen-bond acceptors (Lipinski definition) is 2. The molecule has 0 aliphatic rings. The molecule has 2 heteroatoms. The van der Waals surface area contributed by atoms with Crippen LogP contribution < -0.4 is 0 Å². The summed E-state index contributed by atoms with van der Waals surface area (Å²) in [6.07, 6.45) is 0. The van der Waals surface area contributed by atoms with Crippen LogP contribution in [-0.4, -0.2) is 10.2 Å². The van der Waals surface area contributed by atoms with Crippen molar-refractivity contribution in [3.05, 3.63) is 72.3 Å². The smallest absolute Gasteiger partial charge is 0.166 e. The van der Waals surface area contributed by atoms with Gasteiger partial charge in [-0.3, -0.25) is 0 Å². The summed E-state index contributed by atoms with van der Waals surface area (Å²) in [5, 5.41) is 20.3. The molecule has 0 fully saturated rings. The molecule has 21 heavy (non-hydrogen) atoms. The lowest BCUT2D eigenvalue weighted by Gasteiger charge is -2.16. The zero-order chi connectivity index (χ0) is 14.8. The fourth-order valence-electron chi connectivity index (χ4n) is 2.65. The van der Waals surface area contributed by atoms with Gasteiger partial charge in [0.05, 0.1) is 0 Å². The first-order chi connectivity index (χ1) is 10.2. The van der Waals surface area contributed by atoms with Crippen molar-refractivity contribution in [2.45, 2.75) is 6.92 Å². The number of rotatable bonds is 2. The summed E-state index contributed by atoms with van der Waals surface area (Å²) in [6.45, 7) is 1.94. The van der Waals surface area contributed by atoms with E-state index in [1.54, 1.807) is 6.07 Å². The number of aromatic hydroxyl groups is 2. The molecule has 2 nitrogen and oxygen atoms in total. The Morgan fingerprint density at radius 2 is 1.14 bits per heavy atom. The van der Waals surface area contributed by atoms with E-state index in [1.165, 1.54) is 0 Å². The highest BCUT2D eigenvalue weighted by Gasteiger charge is 2.18. The molecule has 3 aromatic rings. The number of phenolic OH excluding ortho intramolecular Hbond substituents is 2. The normalized spacial score (nSPS) is 10.5. The predicted octanol–water partition coefficient (Wildman–Crippen LogP) is 4.74. The maximum absolute atomic E-state index is 10.4. The summed E-state index contributed by atoms with van der Waals surface area (Å²) in [5.74, 6) is -0.170. The Morgan fingerprint density at radius 1 is 0.667 bits per heavy atom. The van der Waals surface area contributed by atoms with E-state index in [2.05, 4.69) is 0 Å². The first kappa shape index (κ1) is 13.3. The second-order valence-electron chi connectivity index (χ2n) is 5.04. The van der Waals surface area contributed by atoms with Crippen LogP contribution in [0, 0.1) is 6.92 Å². The van der Waals surface area contributed by atoms with E-state index >= 15 is 0 Å². The van der Waals surface area contributed by atoms with Crippen molar-refractivity contribution >= 4 is 0 Å². The van der Waals surface area contributed by atoms with Gasteiger partial charge in [0.15, 0.2) is 11.5 Å². The van der Waals surface area contributed by atoms with Gasteiger partial charge in [-0.1, -0.05) is 60.7 Å². The topological polar surface area (TPSA) is 40.5 Å². The molecule has 0 saturated heterocycles. The van der Waals surface area contributed by atoms with Gasteiger partial charge < -0.3 is 10.2 Å². The van der Waals surface area contributed by atoms with Crippen LogP contribution in [0.2, 0.25) is 0 Å². The number of benzene rings is 3. The standard InChI is InChI=1S/C19H16O2/c1-13-12-16(20)19(21)18(15-10-6-3-7-11-15)17(13)14-8-4-2-5-9-14/h2-12,20-21H,1H3. The summed E-state index contributed by atoms with van der Waals surface area (Å²) in [5.41, 5.74) is 4.43. The monoisotopic (exact) mass is 276 g/mol. The molecule has 3 aromatic carbocycles. The van der Waals surface area contributed by atoms with Crippen molar-refractivity contribution in [3.8, 4) is 33.8 Å². The molecule has 0 radical (unpaired) electrons. The van der Waals surface area contributed by atoms with Crippen LogP contribution in [0.25, 0.3) is 22.3 Å². The van der Waals surface area contributed by atoms with E-state index in [0.717, 1.165) is 22.3 Å². The summed E-state index contributed by atoms with van der Waals surface area (Å²) in [7, 11) is 0. The molecule has 3 rings (SSSR count). The molecule has 0 spiro atoms. The minimum Gasteiger partial charge on any atom is -0.504 e. The second kappa shape index (κ2) is 5.33. The Kier molecular flexibility index (Phi) is 3.36. The van der Waals surface area contributed by atoms with Crippen molar-refractivity contribution in [2.75, 3.05) is 0 Å². The van der Waals surface area contributed by atoms with Crippen molar-refractivity contribution in [1.82, 2.24) is 0 Å². The Morgan fingerprint density at radius 3 is 1.67 bits per heavy atom. The van der Waals surface area contributed by atoms with Gasteiger partial charge in [-0.25, -0.2) is 0 Å². The average molecular weight is 276 g/mol. The Hall–Kier alpha value is -2.74. The van der Waals surface area contributed by atoms with Crippen LogP contribution >= 0.6 is 0 Å². The van der Waals surface area contributed by atoms with E-state index < -0.39 is 0 Å². The largest absolute Gasteiger partial charge is 0.504 e. The van der Waals surface area contributed by atoms with Crippen molar-refractivity contribution < 1.29 is 10.2 Å². The zero-order valence-electron chi connectivity index (χ0n) is 11.7. The highest BCUT2D eigenvalue weighted by molar-refractivity contribution is 5.91. The van der Waals surface area contributed by atoms with Gasteiger partial charge in [-0.2, -0.15) is 0 Å². The summed E-state index contributed by atoms with van der Waals surface area (Å²) < 4.78 is 0. The highest BCUT2D eigenvalue weighted by atomic mass is 16.3. The lowest BCUT2D eigenvalue weighted by Crippen LogP contribution is -1.91. The minimum absolute atomic E-state index is 0.0781. The van der Waals surface area contributed by atoms with Gasteiger partial charge in [-0.15, -0.1) is 0 Å². The average Bonchev–Trinajstić information content (AvgIpc) is 2.52. The maximum atomic E-state index is 10.4. The summed E-state index contributed by atoms with van der Waals surface area (Å²) in [6, 6.07) is 21.1. The fourth-order valence-corrected chi connectivity index (χ4v) is 2.65. The highest BCUT2D eigenvalue weighted by Crippen LogP contribution is 2.45. The molecule has 0 aromatic heterocycles. The molecule has 0 amide bonds. The quantitative estimate of drug-likeness (QED) is 0.664. The molecular weight excluding hydrogens is 260 g/mol. The minimum atomic E-state index is -0.0916. The second-order valence-corrected chi connectivity index (χ2v) is 5.04. The molecule has 0 heterocycles. The molecular formula is C19H16O2.